The van der Waals surface area contributed by atoms with Gasteiger partial charge in [-0.15, -0.1) is 23.5 Å². The van der Waals surface area contributed by atoms with Crippen molar-refractivity contribution >= 4 is 29.1 Å². The third kappa shape index (κ3) is 2.36. The highest BCUT2D eigenvalue weighted by molar-refractivity contribution is 8.25. The molecule has 0 aromatic heterocycles. The molecular formula is C11H8FNS2. The van der Waals surface area contributed by atoms with E-state index in [0.717, 1.165) is 21.3 Å². The summed E-state index contributed by atoms with van der Waals surface area (Å²) >= 11 is 3.40. The van der Waals surface area contributed by atoms with Crippen LogP contribution in [-0.4, -0.2) is 11.5 Å². The van der Waals surface area contributed by atoms with Crippen LogP contribution in [0.2, 0.25) is 0 Å². The Balaban J connectivity index is 2.39. The van der Waals surface area contributed by atoms with Crippen molar-refractivity contribution in [3.63, 3.8) is 0 Å². The fourth-order valence-electron chi connectivity index (χ4n) is 1.30. The molecule has 0 N–H and O–H groups in total. The average molecular weight is 237 g/mol. The van der Waals surface area contributed by atoms with Gasteiger partial charge in [-0.05, 0) is 17.7 Å². The molecule has 0 atom stereocenters. The lowest BCUT2D eigenvalue weighted by Crippen LogP contribution is -1.83. The smallest absolute Gasteiger partial charge is 0.123 e. The lowest BCUT2D eigenvalue weighted by Gasteiger charge is -2.02. The molecule has 1 aromatic carbocycles. The molecule has 1 aliphatic heterocycles. The summed E-state index contributed by atoms with van der Waals surface area (Å²) in [6.45, 7) is 0. The molecule has 1 heterocycles. The van der Waals surface area contributed by atoms with Crippen LogP contribution < -0.4 is 0 Å². The zero-order chi connectivity index (χ0) is 10.7. The first kappa shape index (κ1) is 10.6. The van der Waals surface area contributed by atoms with Gasteiger partial charge in [-0.25, -0.2) is 4.39 Å². The van der Waals surface area contributed by atoms with Crippen molar-refractivity contribution in [1.29, 1.82) is 5.26 Å². The maximum Gasteiger partial charge on any atom is 0.123 e. The number of hydrogen-bond acceptors (Lipinski definition) is 3. The number of thioether (sulfide) groups is 2. The minimum absolute atomic E-state index is 0.271. The van der Waals surface area contributed by atoms with Gasteiger partial charge in [0.25, 0.3) is 0 Å². The van der Waals surface area contributed by atoms with Gasteiger partial charge in [0.05, 0.1) is 9.81 Å². The normalized spacial score (nSPS) is 15.1. The van der Waals surface area contributed by atoms with E-state index in [9.17, 15) is 4.39 Å². The standard InChI is InChI=1S/C11H8FNS2/c12-9-3-1-8(2-4-9)10(7-13)11-14-5-6-15-11/h1-4H,5-6H2. The monoisotopic (exact) mass is 237 g/mol. The molecule has 1 saturated heterocycles. The van der Waals surface area contributed by atoms with Gasteiger partial charge in [-0.3, -0.25) is 0 Å². The third-order valence-electron chi connectivity index (χ3n) is 2.00. The lowest BCUT2D eigenvalue weighted by atomic mass is 10.1. The number of nitrogens with zero attached hydrogens (tertiary/aromatic N) is 1. The van der Waals surface area contributed by atoms with Crippen LogP contribution in [-0.2, 0) is 0 Å². The topological polar surface area (TPSA) is 23.8 Å². The highest BCUT2D eigenvalue weighted by Crippen LogP contribution is 2.41. The summed E-state index contributed by atoms with van der Waals surface area (Å²) in [6.07, 6.45) is 0. The number of halogens is 1. The van der Waals surface area contributed by atoms with Crippen LogP contribution in [0.15, 0.2) is 28.5 Å². The zero-order valence-electron chi connectivity index (χ0n) is 7.87. The van der Waals surface area contributed by atoms with Crippen molar-refractivity contribution in [1.82, 2.24) is 0 Å². The average Bonchev–Trinajstić information content (AvgIpc) is 2.75. The Morgan fingerprint density at radius 2 is 1.80 bits per heavy atom. The van der Waals surface area contributed by atoms with Crippen molar-refractivity contribution in [2.45, 2.75) is 0 Å². The molecule has 0 unspecified atom stereocenters. The molecule has 0 aliphatic carbocycles. The fraction of sp³-hybridized carbons (Fsp3) is 0.182. The van der Waals surface area contributed by atoms with Crippen LogP contribution in [0.4, 0.5) is 4.39 Å². The van der Waals surface area contributed by atoms with Crippen LogP contribution in [0.1, 0.15) is 5.56 Å². The summed E-state index contributed by atoms with van der Waals surface area (Å²) < 4.78 is 13.8. The quantitative estimate of drug-likeness (QED) is 0.698. The highest BCUT2D eigenvalue weighted by Gasteiger charge is 2.15. The first-order valence-electron chi connectivity index (χ1n) is 4.47. The second-order valence-electron chi connectivity index (χ2n) is 2.98. The summed E-state index contributed by atoms with van der Waals surface area (Å²) in [5, 5.41) is 9.08. The minimum atomic E-state index is -0.271. The van der Waals surface area contributed by atoms with Crippen molar-refractivity contribution < 1.29 is 4.39 Å². The fourth-order valence-corrected chi connectivity index (χ4v) is 3.79. The summed E-state index contributed by atoms with van der Waals surface area (Å²) in [5.74, 6) is 1.83. The highest BCUT2D eigenvalue weighted by atomic mass is 32.2. The van der Waals surface area contributed by atoms with Crippen LogP contribution in [0.3, 0.4) is 0 Å². The summed E-state index contributed by atoms with van der Waals surface area (Å²) in [4.78, 5) is 0. The number of benzene rings is 1. The second-order valence-corrected chi connectivity index (χ2v) is 5.45. The van der Waals surface area contributed by atoms with Gasteiger partial charge >= 0.3 is 0 Å². The summed E-state index contributed by atoms with van der Waals surface area (Å²) in [7, 11) is 0. The molecule has 0 amide bonds. The van der Waals surface area contributed by atoms with Gasteiger partial charge in [-0.2, -0.15) is 5.26 Å². The summed E-state index contributed by atoms with van der Waals surface area (Å²) in [6, 6.07) is 8.27. The Morgan fingerprint density at radius 3 is 2.33 bits per heavy atom. The van der Waals surface area contributed by atoms with E-state index in [1.165, 1.54) is 12.1 Å². The van der Waals surface area contributed by atoms with Gasteiger partial charge in [-0.1, -0.05) is 12.1 Å². The number of hydrogen-bond donors (Lipinski definition) is 0. The van der Waals surface area contributed by atoms with E-state index in [0.29, 0.717) is 5.57 Å². The third-order valence-corrected chi connectivity index (χ3v) is 4.71. The van der Waals surface area contributed by atoms with Crippen LogP contribution >= 0.6 is 23.5 Å². The molecular weight excluding hydrogens is 229 g/mol. The van der Waals surface area contributed by atoms with E-state index in [2.05, 4.69) is 6.07 Å². The maximum atomic E-state index is 12.7. The van der Waals surface area contributed by atoms with Crippen LogP contribution in [0.5, 0.6) is 0 Å². The molecule has 4 heteroatoms. The van der Waals surface area contributed by atoms with E-state index < -0.39 is 0 Å². The van der Waals surface area contributed by atoms with E-state index in [-0.39, 0.29) is 5.82 Å². The second kappa shape index (κ2) is 4.73. The maximum absolute atomic E-state index is 12.7. The Bertz CT molecular complexity index is 423. The number of nitriles is 1. The Morgan fingerprint density at radius 1 is 1.20 bits per heavy atom. The Hall–Kier alpha value is -0.920. The number of rotatable bonds is 1. The molecule has 1 nitrogen and oxygen atoms in total. The van der Waals surface area contributed by atoms with Gasteiger partial charge in [0.1, 0.15) is 11.9 Å². The molecule has 1 fully saturated rings. The van der Waals surface area contributed by atoms with E-state index in [1.54, 1.807) is 35.7 Å². The molecule has 2 rings (SSSR count). The Labute approximate surface area is 96.4 Å². The zero-order valence-corrected chi connectivity index (χ0v) is 9.50. The summed E-state index contributed by atoms with van der Waals surface area (Å²) in [5.41, 5.74) is 1.47. The van der Waals surface area contributed by atoms with E-state index in [4.69, 9.17) is 5.26 Å². The van der Waals surface area contributed by atoms with Crippen molar-refractivity contribution in [2.75, 3.05) is 11.5 Å². The Kier molecular flexibility index (Phi) is 3.34. The SMILES string of the molecule is N#CC(=C1SCCS1)c1ccc(F)cc1. The first-order valence-corrected chi connectivity index (χ1v) is 6.44. The first-order chi connectivity index (χ1) is 7.31. The molecule has 15 heavy (non-hydrogen) atoms. The molecule has 0 spiro atoms. The van der Waals surface area contributed by atoms with Gasteiger partial charge in [0, 0.05) is 11.5 Å². The molecule has 1 aliphatic rings. The lowest BCUT2D eigenvalue weighted by molar-refractivity contribution is 0.627. The van der Waals surface area contributed by atoms with Crippen molar-refractivity contribution in [2.24, 2.45) is 0 Å². The van der Waals surface area contributed by atoms with Crippen molar-refractivity contribution in [3.8, 4) is 6.07 Å². The molecule has 76 valence electrons. The molecule has 0 radical (unpaired) electrons. The predicted octanol–water partition coefficient (Wildman–Crippen LogP) is 3.50. The van der Waals surface area contributed by atoms with Gasteiger partial charge < -0.3 is 0 Å². The molecule has 0 bridgehead atoms. The predicted molar refractivity (Wildman–Crippen MR) is 63.8 cm³/mol. The largest absolute Gasteiger partial charge is 0.207 e. The number of allylic oxidation sites excluding steroid dienone is 1. The van der Waals surface area contributed by atoms with Gasteiger partial charge in [0.2, 0.25) is 0 Å². The van der Waals surface area contributed by atoms with Crippen molar-refractivity contribution in [3.05, 3.63) is 39.9 Å². The van der Waals surface area contributed by atoms with E-state index in [1.807, 2.05) is 0 Å². The molecule has 0 saturated carbocycles. The van der Waals surface area contributed by atoms with E-state index >= 15 is 0 Å². The molecule has 1 aromatic rings. The van der Waals surface area contributed by atoms with Gasteiger partial charge in [0.15, 0.2) is 0 Å². The van der Waals surface area contributed by atoms with Crippen LogP contribution in [0.25, 0.3) is 5.57 Å². The minimum Gasteiger partial charge on any atom is -0.207 e. The van der Waals surface area contributed by atoms with Crippen LogP contribution in [0, 0.1) is 17.1 Å².